The fourth-order valence-electron chi connectivity index (χ4n) is 1.61. The maximum atomic E-state index is 13.3. The van der Waals surface area contributed by atoms with Gasteiger partial charge in [-0.15, -0.1) is 0 Å². The molecule has 1 N–H and O–H groups in total. The van der Waals surface area contributed by atoms with Gasteiger partial charge in [0, 0.05) is 12.7 Å². The van der Waals surface area contributed by atoms with Crippen LogP contribution in [0.25, 0.3) is 0 Å². The van der Waals surface area contributed by atoms with Gasteiger partial charge in [0.15, 0.2) is 0 Å². The highest BCUT2D eigenvalue weighted by atomic mass is 19.1. The maximum Gasteiger partial charge on any atom is 0.146 e. The lowest BCUT2D eigenvalue weighted by Gasteiger charge is -2.09. The van der Waals surface area contributed by atoms with Gasteiger partial charge in [0.05, 0.1) is 17.9 Å². The third-order valence-corrected chi connectivity index (χ3v) is 2.49. The molecule has 0 bridgehead atoms. The molecular formula is C12H13F2N3. The average molecular weight is 237 g/mol. The van der Waals surface area contributed by atoms with E-state index in [9.17, 15) is 8.78 Å². The second-order valence-electron chi connectivity index (χ2n) is 3.62. The van der Waals surface area contributed by atoms with Crippen LogP contribution < -0.4 is 5.32 Å². The Kier molecular flexibility index (Phi) is 3.37. The Morgan fingerprint density at radius 2 is 2.12 bits per heavy atom. The molecule has 0 radical (unpaired) electrons. The van der Waals surface area contributed by atoms with E-state index in [1.54, 1.807) is 10.9 Å². The lowest BCUT2D eigenvalue weighted by atomic mass is 10.3. The number of aromatic nitrogens is 2. The zero-order valence-corrected chi connectivity index (χ0v) is 9.45. The van der Waals surface area contributed by atoms with E-state index in [1.165, 1.54) is 0 Å². The number of hydrogen-bond donors (Lipinski definition) is 1. The molecule has 1 heterocycles. The Balaban J connectivity index is 2.09. The molecule has 0 fully saturated rings. The first-order valence-corrected chi connectivity index (χ1v) is 5.40. The van der Waals surface area contributed by atoms with E-state index >= 15 is 0 Å². The fourth-order valence-corrected chi connectivity index (χ4v) is 1.61. The van der Waals surface area contributed by atoms with Crippen molar-refractivity contribution in [1.29, 1.82) is 0 Å². The van der Waals surface area contributed by atoms with E-state index in [0.717, 1.165) is 30.4 Å². The highest BCUT2D eigenvalue weighted by Gasteiger charge is 2.05. The zero-order chi connectivity index (χ0) is 12.3. The number of aryl methyl sites for hydroxylation is 1. The molecule has 2 aromatic rings. The van der Waals surface area contributed by atoms with Crippen LogP contribution in [0.15, 0.2) is 30.5 Å². The Hall–Kier alpha value is -1.91. The van der Waals surface area contributed by atoms with Crippen molar-refractivity contribution in [3.05, 3.63) is 47.8 Å². The van der Waals surface area contributed by atoms with Crippen LogP contribution in [0.1, 0.15) is 12.6 Å². The highest BCUT2D eigenvalue weighted by molar-refractivity contribution is 5.45. The number of nitrogens with one attached hydrogen (secondary N) is 1. The van der Waals surface area contributed by atoms with Gasteiger partial charge in [-0.3, -0.25) is 4.68 Å². The quantitative estimate of drug-likeness (QED) is 0.886. The molecule has 0 aliphatic carbocycles. The Labute approximate surface area is 98.1 Å². The molecule has 1 aromatic carbocycles. The van der Waals surface area contributed by atoms with E-state index < -0.39 is 11.6 Å². The molecule has 17 heavy (non-hydrogen) atoms. The van der Waals surface area contributed by atoms with Gasteiger partial charge >= 0.3 is 0 Å². The second kappa shape index (κ2) is 4.95. The van der Waals surface area contributed by atoms with E-state index in [0.29, 0.717) is 6.54 Å². The number of hydrogen-bond acceptors (Lipinski definition) is 2. The fraction of sp³-hybridized carbons (Fsp3) is 0.250. The molecule has 0 aliphatic heterocycles. The monoisotopic (exact) mass is 237 g/mol. The van der Waals surface area contributed by atoms with Gasteiger partial charge < -0.3 is 5.32 Å². The molecule has 0 saturated heterocycles. The molecule has 0 spiro atoms. The third kappa shape index (κ3) is 2.61. The molecule has 0 atom stereocenters. The molecule has 90 valence electrons. The first-order valence-electron chi connectivity index (χ1n) is 5.40. The van der Waals surface area contributed by atoms with Crippen LogP contribution in [0, 0.1) is 11.6 Å². The summed E-state index contributed by atoms with van der Waals surface area (Å²) >= 11 is 0. The molecule has 0 unspecified atom stereocenters. The van der Waals surface area contributed by atoms with Crippen LogP contribution in [-0.4, -0.2) is 9.78 Å². The normalized spacial score (nSPS) is 10.5. The SMILES string of the molecule is CCn1nccc1CNc1cc(F)ccc1F. The molecule has 1 aromatic heterocycles. The van der Waals surface area contributed by atoms with Crippen molar-refractivity contribution in [2.24, 2.45) is 0 Å². The van der Waals surface area contributed by atoms with Crippen LogP contribution in [0.5, 0.6) is 0 Å². The van der Waals surface area contributed by atoms with Crippen molar-refractivity contribution in [2.45, 2.75) is 20.0 Å². The maximum absolute atomic E-state index is 13.3. The number of rotatable bonds is 4. The van der Waals surface area contributed by atoms with Crippen molar-refractivity contribution < 1.29 is 8.78 Å². The summed E-state index contributed by atoms with van der Waals surface area (Å²) < 4.78 is 28.1. The van der Waals surface area contributed by atoms with E-state index in [-0.39, 0.29) is 5.69 Å². The minimum Gasteiger partial charge on any atom is -0.377 e. The summed E-state index contributed by atoms with van der Waals surface area (Å²) in [5.41, 5.74) is 1.09. The van der Waals surface area contributed by atoms with Gasteiger partial charge in [0.1, 0.15) is 11.6 Å². The van der Waals surface area contributed by atoms with Gasteiger partial charge in [-0.05, 0) is 31.2 Å². The largest absolute Gasteiger partial charge is 0.377 e. The van der Waals surface area contributed by atoms with Gasteiger partial charge in [-0.1, -0.05) is 0 Å². The van der Waals surface area contributed by atoms with Crippen molar-refractivity contribution in [3.63, 3.8) is 0 Å². The summed E-state index contributed by atoms with van der Waals surface area (Å²) in [7, 11) is 0. The summed E-state index contributed by atoms with van der Waals surface area (Å²) in [4.78, 5) is 0. The summed E-state index contributed by atoms with van der Waals surface area (Å²) in [6, 6.07) is 5.18. The van der Waals surface area contributed by atoms with Crippen LogP contribution in [-0.2, 0) is 13.1 Å². The second-order valence-corrected chi connectivity index (χ2v) is 3.62. The van der Waals surface area contributed by atoms with Crippen LogP contribution >= 0.6 is 0 Å². The number of nitrogens with zero attached hydrogens (tertiary/aromatic N) is 2. The predicted octanol–water partition coefficient (Wildman–Crippen LogP) is 2.79. The molecule has 0 saturated carbocycles. The standard InChI is InChI=1S/C12H13F2N3/c1-2-17-10(5-6-16-17)8-15-12-7-9(13)3-4-11(12)14/h3-7,15H,2,8H2,1H3. The van der Waals surface area contributed by atoms with Crippen molar-refractivity contribution in [2.75, 3.05) is 5.32 Å². The predicted molar refractivity (Wildman–Crippen MR) is 61.6 cm³/mol. The molecular weight excluding hydrogens is 224 g/mol. The zero-order valence-electron chi connectivity index (χ0n) is 9.45. The lowest BCUT2D eigenvalue weighted by Crippen LogP contribution is -2.08. The van der Waals surface area contributed by atoms with E-state index in [4.69, 9.17) is 0 Å². The summed E-state index contributed by atoms with van der Waals surface area (Å²) in [5, 5.41) is 6.95. The molecule has 3 nitrogen and oxygen atoms in total. The van der Waals surface area contributed by atoms with Crippen LogP contribution in [0.3, 0.4) is 0 Å². The summed E-state index contributed by atoms with van der Waals surface area (Å²) in [6.45, 7) is 3.13. The number of halogens is 2. The van der Waals surface area contributed by atoms with E-state index in [1.807, 2.05) is 13.0 Å². The van der Waals surface area contributed by atoms with Gasteiger partial charge in [-0.2, -0.15) is 5.10 Å². The highest BCUT2D eigenvalue weighted by Crippen LogP contribution is 2.16. The minimum absolute atomic E-state index is 0.161. The van der Waals surface area contributed by atoms with Gasteiger partial charge in [-0.25, -0.2) is 8.78 Å². The third-order valence-electron chi connectivity index (χ3n) is 2.49. The first kappa shape index (κ1) is 11.6. The number of benzene rings is 1. The van der Waals surface area contributed by atoms with Crippen molar-refractivity contribution in [3.8, 4) is 0 Å². The summed E-state index contributed by atoms with van der Waals surface area (Å²) in [5.74, 6) is -0.924. The number of anilines is 1. The average Bonchev–Trinajstić information content (AvgIpc) is 2.77. The van der Waals surface area contributed by atoms with Crippen LogP contribution in [0.2, 0.25) is 0 Å². The van der Waals surface area contributed by atoms with Gasteiger partial charge in [0.25, 0.3) is 0 Å². The molecule has 5 heteroatoms. The first-order chi connectivity index (χ1) is 8.20. The lowest BCUT2D eigenvalue weighted by molar-refractivity contribution is 0.599. The van der Waals surface area contributed by atoms with Crippen molar-refractivity contribution in [1.82, 2.24) is 9.78 Å². The van der Waals surface area contributed by atoms with Crippen molar-refractivity contribution >= 4 is 5.69 Å². The minimum atomic E-state index is -0.464. The topological polar surface area (TPSA) is 29.9 Å². The molecule has 0 aliphatic rings. The van der Waals surface area contributed by atoms with E-state index in [2.05, 4.69) is 10.4 Å². The smallest absolute Gasteiger partial charge is 0.146 e. The summed E-state index contributed by atoms with van der Waals surface area (Å²) in [6.07, 6.45) is 1.68. The Morgan fingerprint density at radius 1 is 1.29 bits per heavy atom. The van der Waals surface area contributed by atoms with Crippen LogP contribution in [0.4, 0.5) is 14.5 Å². The van der Waals surface area contributed by atoms with Gasteiger partial charge in [0.2, 0.25) is 0 Å². The Morgan fingerprint density at radius 3 is 2.88 bits per heavy atom. The Bertz CT molecular complexity index is 508. The molecule has 2 rings (SSSR count). The molecule has 0 amide bonds.